The first-order valence-corrected chi connectivity index (χ1v) is 11.3. The second-order valence-electron chi connectivity index (χ2n) is 7.96. The number of carbonyl (C=O) groups is 2. The molecule has 0 aromatic carbocycles. The van der Waals surface area contributed by atoms with Crippen LogP contribution in [-0.4, -0.2) is 78.9 Å². The van der Waals surface area contributed by atoms with Gasteiger partial charge in [0.1, 0.15) is 0 Å². The number of sulfonamides is 1. The maximum atomic E-state index is 12.7. The first-order valence-electron chi connectivity index (χ1n) is 9.44. The van der Waals surface area contributed by atoms with Gasteiger partial charge in [-0.1, -0.05) is 19.9 Å². The Labute approximate surface area is 168 Å². The number of carbonyl (C=O) groups excluding carboxylic acids is 2. The lowest BCUT2D eigenvalue weighted by atomic mass is 9.88. The van der Waals surface area contributed by atoms with E-state index in [0.717, 1.165) is 30.2 Å². The Bertz CT molecular complexity index is 703. The van der Waals surface area contributed by atoms with Crippen LogP contribution in [0.1, 0.15) is 33.1 Å². The van der Waals surface area contributed by atoms with E-state index in [1.54, 1.807) is 11.0 Å². The number of halogens is 1. The minimum Gasteiger partial charge on any atom is -0.333 e. The van der Waals surface area contributed by atoms with Crippen LogP contribution >= 0.6 is 12.4 Å². The predicted octanol–water partition coefficient (Wildman–Crippen LogP) is 1.10. The molecule has 3 aliphatic rings. The van der Waals surface area contributed by atoms with Crippen LogP contribution < -0.4 is 0 Å². The van der Waals surface area contributed by atoms with Crippen LogP contribution in [0, 0.1) is 11.8 Å². The van der Waals surface area contributed by atoms with Crippen LogP contribution in [-0.2, 0) is 19.6 Å². The molecular formula is C18H30ClN3O4S. The van der Waals surface area contributed by atoms with Crippen LogP contribution in [0.5, 0.6) is 0 Å². The molecule has 3 aliphatic heterocycles. The topological polar surface area (TPSA) is 78.0 Å². The van der Waals surface area contributed by atoms with Crippen molar-refractivity contribution in [3.63, 3.8) is 0 Å². The smallest absolute Gasteiger partial charge is 0.246 e. The molecule has 0 bridgehead atoms. The summed E-state index contributed by atoms with van der Waals surface area (Å²) in [6.07, 6.45) is 7.47. The zero-order chi connectivity index (χ0) is 19.1. The highest BCUT2D eigenvalue weighted by molar-refractivity contribution is 7.88. The van der Waals surface area contributed by atoms with Crippen molar-refractivity contribution in [3.05, 3.63) is 12.2 Å². The summed E-state index contributed by atoms with van der Waals surface area (Å²) in [5.41, 5.74) is 0. The summed E-state index contributed by atoms with van der Waals surface area (Å²) in [5, 5.41) is 0. The zero-order valence-electron chi connectivity index (χ0n) is 16.2. The van der Waals surface area contributed by atoms with E-state index in [9.17, 15) is 18.0 Å². The normalized spacial score (nSPS) is 29.0. The number of likely N-dealkylation sites (tertiary alicyclic amines) is 2. The third kappa shape index (κ3) is 4.32. The van der Waals surface area contributed by atoms with Gasteiger partial charge in [-0.3, -0.25) is 14.5 Å². The van der Waals surface area contributed by atoms with E-state index in [2.05, 4.69) is 4.90 Å². The summed E-state index contributed by atoms with van der Waals surface area (Å²) < 4.78 is 25.3. The molecule has 0 unspecified atom stereocenters. The third-order valence-corrected chi connectivity index (χ3v) is 6.94. The van der Waals surface area contributed by atoms with Gasteiger partial charge in [0, 0.05) is 19.2 Å². The molecule has 0 radical (unpaired) electrons. The van der Waals surface area contributed by atoms with Crippen molar-refractivity contribution in [2.24, 2.45) is 11.8 Å². The fourth-order valence-corrected chi connectivity index (χ4v) is 5.82. The summed E-state index contributed by atoms with van der Waals surface area (Å²) in [5.74, 6) is -0.974. The van der Waals surface area contributed by atoms with Crippen molar-refractivity contribution in [2.75, 3.05) is 32.4 Å². The third-order valence-electron chi connectivity index (χ3n) is 5.77. The molecule has 0 saturated carbocycles. The van der Waals surface area contributed by atoms with Crippen LogP contribution in [0.4, 0.5) is 0 Å². The molecule has 27 heavy (non-hydrogen) atoms. The summed E-state index contributed by atoms with van der Waals surface area (Å²) in [7, 11) is -3.63. The molecule has 3 heterocycles. The van der Waals surface area contributed by atoms with Crippen LogP contribution in [0.2, 0.25) is 0 Å². The van der Waals surface area contributed by atoms with E-state index in [4.69, 9.17) is 0 Å². The number of hydrogen-bond donors (Lipinski definition) is 0. The molecule has 0 N–H and O–H groups in total. The highest BCUT2D eigenvalue weighted by Gasteiger charge is 2.58. The van der Waals surface area contributed by atoms with Gasteiger partial charge in [0.15, 0.2) is 0 Å². The van der Waals surface area contributed by atoms with Crippen molar-refractivity contribution in [1.82, 2.24) is 14.1 Å². The maximum Gasteiger partial charge on any atom is 0.246 e. The monoisotopic (exact) mass is 419 g/mol. The average Bonchev–Trinajstić information content (AvgIpc) is 3.21. The van der Waals surface area contributed by atoms with Gasteiger partial charge in [0.25, 0.3) is 0 Å². The lowest BCUT2D eigenvalue weighted by Crippen LogP contribution is -2.43. The Morgan fingerprint density at radius 3 is 2.41 bits per heavy atom. The van der Waals surface area contributed by atoms with Gasteiger partial charge in [-0.25, -0.2) is 12.7 Å². The molecule has 7 nitrogen and oxygen atoms in total. The molecule has 0 aromatic heterocycles. The number of amides is 2. The van der Waals surface area contributed by atoms with Crippen molar-refractivity contribution >= 4 is 34.2 Å². The van der Waals surface area contributed by atoms with Gasteiger partial charge in [-0.15, -0.1) is 12.4 Å². The summed E-state index contributed by atoms with van der Waals surface area (Å²) in [4.78, 5) is 29.5. The predicted molar refractivity (Wildman–Crippen MR) is 106 cm³/mol. The molecule has 3 fully saturated rings. The molecular weight excluding hydrogens is 390 g/mol. The van der Waals surface area contributed by atoms with Gasteiger partial charge < -0.3 is 4.90 Å². The highest BCUT2D eigenvalue weighted by atomic mass is 35.5. The summed E-state index contributed by atoms with van der Waals surface area (Å²) >= 11 is 0. The highest BCUT2D eigenvalue weighted by Crippen LogP contribution is 2.41. The molecule has 9 heteroatoms. The molecule has 0 aromatic rings. The van der Waals surface area contributed by atoms with Gasteiger partial charge in [0.2, 0.25) is 21.8 Å². The van der Waals surface area contributed by atoms with Gasteiger partial charge in [0.05, 0.1) is 24.3 Å². The molecule has 3 atom stereocenters. The summed E-state index contributed by atoms with van der Waals surface area (Å²) in [6.45, 7) is 7.21. The van der Waals surface area contributed by atoms with Crippen LogP contribution in [0.25, 0.3) is 0 Å². The van der Waals surface area contributed by atoms with Crippen LogP contribution in [0.3, 0.4) is 0 Å². The van der Waals surface area contributed by atoms with Crippen molar-refractivity contribution in [1.29, 1.82) is 0 Å². The van der Waals surface area contributed by atoms with E-state index < -0.39 is 22.0 Å². The fourth-order valence-electron chi connectivity index (χ4n) is 4.65. The maximum absolute atomic E-state index is 12.7. The van der Waals surface area contributed by atoms with Gasteiger partial charge in [-0.2, -0.15) is 0 Å². The van der Waals surface area contributed by atoms with Crippen molar-refractivity contribution in [2.45, 2.75) is 45.2 Å². The summed E-state index contributed by atoms with van der Waals surface area (Å²) in [6, 6.07) is -0.790. The number of rotatable bonds is 5. The van der Waals surface area contributed by atoms with E-state index >= 15 is 0 Å². The standard InChI is InChI=1S/C18H29N3O4S.ClH/c1-13(2)16-17-14(21(18(16)23)26(3,24)25)8-12-20(17)15(22)7-6-11-19-9-4-5-10-19;/h6-7,13-14,16-17H,4-5,8-12H2,1-3H3;1H/b7-6+;/t14-,16+,17-;/m0./s1. The lowest BCUT2D eigenvalue weighted by Gasteiger charge is -2.28. The minimum absolute atomic E-state index is 0. The number of nitrogens with zero attached hydrogens (tertiary/aromatic N) is 3. The Kier molecular flexibility index (Phi) is 6.97. The fraction of sp³-hybridized carbons (Fsp3) is 0.778. The number of hydrogen-bond acceptors (Lipinski definition) is 5. The molecule has 154 valence electrons. The Hall–Kier alpha value is -1.12. The molecule has 3 rings (SSSR count). The SMILES string of the molecule is CC(C)[C@H]1C(=O)N(S(C)(=O)=O)[C@H]2CCN(C(=O)/C=C/CN3CCCC3)[C@H]12.Cl. The van der Waals surface area contributed by atoms with E-state index in [-0.39, 0.29) is 36.2 Å². The molecule has 0 aliphatic carbocycles. The van der Waals surface area contributed by atoms with Crippen molar-refractivity contribution in [3.8, 4) is 0 Å². The quantitative estimate of drug-likeness (QED) is 0.623. The van der Waals surface area contributed by atoms with Crippen LogP contribution in [0.15, 0.2) is 12.2 Å². The van der Waals surface area contributed by atoms with Gasteiger partial charge in [-0.05, 0) is 38.3 Å². The molecule has 2 amide bonds. The van der Waals surface area contributed by atoms with Crippen molar-refractivity contribution < 1.29 is 18.0 Å². The Balaban J connectivity index is 0.00000261. The second kappa shape index (κ2) is 8.49. The first kappa shape index (κ1) is 22.2. The second-order valence-corrected chi connectivity index (χ2v) is 9.81. The lowest BCUT2D eigenvalue weighted by molar-refractivity contribution is -0.131. The van der Waals surface area contributed by atoms with Gasteiger partial charge >= 0.3 is 0 Å². The van der Waals surface area contributed by atoms with E-state index in [1.165, 1.54) is 12.8 Å². The first-order chi connectivity index (χ1) is 12.2. The molecule has 0 spiro atoms. The average molecular weight is 420 g/mol. The Morgan fingerprint density at radius 2 is 1.85 bits per heavy atom. The molecule has 3 saturated heterocycles. The Morgan fingerprint density at radius 1 is 1.22 bits per heavy atom. The minimum atomic E-state index is -3.63. The number of fused-ring (bicyclic) bond motifs is 1. The zero-order valence-corrected chi connectivity index (χ0v) is 17.8. The van der Waals surface area contributed by atoms with E-state index in [0.29, 0.717) is 13.0 Å². The largest absolute Gasteiger partial charge is 0.333 e. The van der Waals surface area contributed by atoms with E-state index in [1.807, 2.05) is 19.9 Å².